The molecule has 0 heterocycles. The number of sulfonamides is 1. The lowest BCUT2D eigenvalue weighted by molar-refractivity contribution is 0.0951. The Morgan fingerprint density at radius 1 is 1.33 bits per heavy atom. The highest BCUT2D eigenvalue weighted by molar-refractivity contribution is 7.89. The number of benzene rings is 1. The van der Waals surface area contributed by atoms with E-state index >= 15 is 0 Å². The maximum Gasteiger partial charge on any atom is 0.254 e. The molecule has 0 aliphatic heterocycles. The third-order valence-electron chi connectivity index (χ3n) is 2.14. The van der Waals surface area contributed by atoms with Crippen LogP contribution in [-0.4, -0.2) is 33.7 Å². The highest BCUT2D eigenvalue weighted by Gasteiger charge is 2.13. The van der Waals surface area contributed by atoms with Crippen LogP contribution in [0.4, 0.5) is 8.78 Å². The van der Waals surface area contributed by atoms with Gasteiger partial charge in [-0.15, -0.1) is 0 Å². The Bertz CT molecular complexity index is 546. The first-order valence-electron chi connectivity index (χ1n) is 5.00. The van der Waals surface area contributed by atoms with E-state index in [-0.39, 0.29) is 12.3 Å². The largest absolute Gasteiger partial charge is 0.351 e. The van der Waals surface area contributed by atoms with Gasteiger partial charge in [0, 0.05) is 6.54 Å². The van der Waals surface area contributed by atoms with E-state index in [1.54, 1.807) is 0 Å². The number of carbonyl (C=O) groups excluding carboxylic acids is 1. The number of halogens is 2. The van der Waals surface area contributed by atoms with Crippen molar-refractivity contribution in [3.8, 4) is 0 Å². The van der Waals surface area contributed by atoms with Crippen LogP contribution >= 0.6 is 0 Å². The zero-order valence-corrected chi connectivity index (χ0v) is 10.4. The van der Waals surface area contributed by atoms with E-state index in [0.29, 0.717) is 0 Å². The summed E-state index contributed by atoms with van der Waals surface area (Å²) < 4.78 is 50.2. The molecular weight excluding hydrogens is 266 g/mol. The Morgan fingerprint density at radius 2 is 2.00 bits per heavy atom. The topological polar surface area (TPSA) is 75.3 Å². The summed E-state index contributed by atoms with van der Waals surface area (Å²) in [5.41, 5.74) is -0.461. The van der Waals surface area contributed by atoms with Gasteiger partial charge >= 0.3 is 0 Å². The zero-order valence-electron chi connectivity index (χ0n) is 9.54. The van der Waals surface area contributed by atoms with Crippen LogP contribution in [0.1, 0.15) is 10.4 Å². The van der Waals surface area contributed by atoms with Gasteiger partial charge in [0.05, 0.1) is 11.3 Å². The SMILES string of the molecule is CNS(=O)(=O)CCNC(=O)c1cc(F)ccc1F. The Balaban J connectivity index is 2.64. The second-order valence-electron chi connectivity index (χ2n) is 3.40. The second kappa shape index (κ2) is 5.87. The first-order valence-corrected chi connectivity index (χ1v) is 6.65. The number of rotatable bonds is 5. The number of amides is 1. The molecule has 0 atom stereocenters. The lowest BCUT2D eigenvalue weighted by atomic mass is 10.2. The minimum absolute atomic E-state index is 0.196. The third-order valence-corrected chi connectivity index (χ3v) is 3.50. The van der Waals surface area contributed by atoms with Crippen LogP contribution in [0.25, 0.3) is 0 Å². The van der Waals surface area contributed by atoms with Gasteiger partial charge in [-0.05, 0) is 25.2 Å². The van der Waals surface area contributed by atoms with E-state index in [9.17, 15) is 22.0 Å². The highest BCUT2D eigenvalue weighted by atomic mass is 32.2. The molecule has 1 rings (SSSR count). The molecule has 0 unspecified atom stereocenters. The first kappa shape index (κ1) is 14.5. The Kier molecular flexibility index (Phi) is 4.74. The van der Waals surface area contributed by atoms with Crippen molar-refractivity contribution < 1.29 is 22.0 Å². The molecule has 0 spiro atoms. The van der Waals surface area contributed by atoms with E-state index in [1.807, 2.05) is 0 Å². The van der Waals surface area contributed by atoms with E-state index < -0.39 is 33.1 Å². The fraction of sp³-hybridized carbons (Fsp3) is 0.300. The van der Waals surface area contributed by atoms with Crippen LogP contribution in [-0.2, 0) is 10.0 Å². The van der Waals surface area contributed by atoms with Gasteiger partial charge in [-0.25, -0.2) is 21.9 Å². The number of carbonyl (C=O) groups is 1. The van der Waals surface area contributed by atoms with Crippen molar-refractivity contribution >= 4 is 15.9 Å². The summed E-state index contributed by atoms with van der Waals surface area (Å²) in [6.07, 6.45) is 0. The molecule has 0 aliphatic rings. The first-order chi connectivity index (χ1) is 8.35. The van der Waals surface area contributed by atoms with Crippen molar-refractivity contribution in [1.82, 2.24) is 10.0 Å². The quantitative estimate of drug-likeness (QED) is 0.810. The van der Waals surface area contributed by atoms with Crippen LogP contribution in [0, 0.1) is 11.6 Å². The van der Waals surface area contributed by atoms with Crippen molar-refractivity contribution in [3.63, 3.8) is 0 Å². The van der Waals surface area contributed by atoms with Crippen molar-refractivity contribution in [2.24, 2.45) is 0 Å². The van der Waals surface area contributed by atoms with E-state index in [1.165, 1.54) is 7.05 Å². The van der Waals surface area contributed by atoms with E-state index in [0.717, 1.165) is 18.2 Å². The van der Waals surface area contributed by atoms with E-state index in [2.05, 4.69) is 10.0 Å². The zero-order chi connectivity index (χ0) is 13.8. The Morgan fingerprint density at radius 3 is 2.61 bits per heavy atom. The average Bonchev–Trinajstić information content (AvgIpc) is 2.32. The minimum atomic E-state index is -3.45. The fourth-order valence-electron chi connectivity index (χ4n) is 1.17. The predicted molar refractivity (Wildman–Crippen MR) is 61.5 cm³/mol. The molecule has 100 valence electrons. The van der Waals surface area contributed by atoms with Crippen molar-refractivity contribution in [1.29, 1.82) is 0 Å². The molecule has 0 saturated carbocycles. The van der Waals surface area contributed by atoms with Gasteiger partial charge in [0.2, 0.25) is 10.0 Å². The standard InChI is InChI=1S/C10H12F2N2O3S/c1-13-18(16,17)5-4-14-10(15)8-6-7(11)2-3-9(8)12/h2-3,6,13H,4-5H2,1H3,(H,14,15). The Hall–Kier alpha value is -1.54. The molecule has 2 N–H and O–H groups in total. The summed E-state index contributed by atoms with van der Waals surface area (Å²) in [4.78, 5) is 11.5. The maximum atomic E-state index is 13.2. The van der Waals surface area contributed by atoms with Crippen molar-refractivity contribution in [3.05, 3.63) is 35.4 Å². The summed E-state index contributed by atoms with van der Waals surface area (Å²) in [6, 6.07) is 2.46. The Labute approximate surface area is 103 Å². The van der Waals surface area contributed by atoms with Crippen LogP contribution in [0.3, 0.4) is 0 Å². The third kappa shape index (κ3) is 4.04. The number of hydrogen-bond acceptors (Lipinski definition) is 3. The maximum absolute atomic E-state index is 13.2. The molecule has 1 aromatic rings. The summed E-state index contributed by atoms with van der Waals surface area (Å²) in [5.74, 6) is -2.82. The molecule has 0 fully saturated rings. The van der Waals surface area contributed by atoms with Crippen LogP contribution in [0.5, 0.6) is 0 Å². The smallest absolute Gasteiger partial charge is 0.254 e. The molecule has 8 heteroatoms. The molecule has 0 saturated heterocycles. The van der Waals surface area contributed by atoms with E-state index in [4.69, 9.17) is 0 Å². The summed E-state index contributed by atoms with van der Waals surface area (Å²) >= 11 is 0. The lowest BCUT2D eigenvalue weighted by Gasteiger charge is -2.06. The molecule has 0 bridgehead atoms. The fourth-order valence-corrected chi connectivity index (χ4v) is 1.74. The van der Waals surface area contributed by atoms with Crippen LogP contribution < -0.4 is 10.0 Å². The molecule has 1 aromatic carbocycles. The molecule has 1 amide bonds. The molecule has 5 nitrogen and oxygen atoms in total. The molecule has 18 heavy (non-hydrogen) atoms. The van der Waals surface area contributed by atoms with Gasteiger partial charge in [-0.1, -0.05) is 0 Å². The average molecular weight is 278 g/mol. The van der Waals surface area contributed by atoms with Crippen LogP contribution in [0.2, 0.25) is 0 Å². The predicted octanol–water partition coefficient (Wildman–Crippen LogP) is 0.244. The molecule has 0 aliphatic carbocycles. The normalized spacial score (nSPS) is 11.3. The summed E-state index contributed by atoms with van der Waals surface area (Å²) in [7, 11) is -2.21. The van der Waals surface area contributed by atoms with Gasteiger partial charge in [-0.2, -0.15) is 0 Å². The van der Waals surface area contributed by atoms with Gasteiger partial charge < -0.3 is 5.32 Å². The number of hydrogen-bond donors (Lipinski definition) is 2. The molecule has 0 aromatic heterocycles. The lowest BCUT2D eigenvalue weighted by Crippen LogP contribution is -2.33. The van der Waals surface area contributed by atoms with Crippen molar-refractivity contribution in [2.45, 2.75) is 0 Å². The van der Waals surface area contributed by atoms with Gasteiger partial charge in [0.1, 0.15) is 11.6 Å². The van der Waals surface area contributed by atoms with Crippen molar-refractivity contribution in [2.75, 3.05) is 19.3 Å². The highest BCUT2D eigenvalue weighted by Crippen LogP contribution is 2.09. The van der Waals surface area contributed by atoms with Crippen LogP contribution in [0.15, 0.2) is 18.2 Å². The van der Waals surface area contributed by atoms with Gasteiger partial charge in [-0.3, -0.25) is 4.79 Å². The monoisotopic (exact) mass is 278 g/mol. The van der Waals surface area contributed by atoms with Gasteiger partial charge in [0.25, 0.3) is 5.91 Å². The summed E-state index contributed by atoms with van der Waals surface area (Å²) in [6.45, 7) is -0.196. The van der Waals surface area contributed by atoms with Gasteiger partial charge in [0.15, 0.2) is 0 Å². The second-order valence-corrected chi connectivity index (χ2v) is 5.45. The minimum Gasteiger partial charge on any atom is -0.351 e. The summed E-state index contributed by atoms with van der Waals surface area (Å²) in [5, 5.41) is 2.19. The number of nitrogens with one attached hydrogen (secondary N) is 2. The molecular formula is C10H12F2N2O3S. The molecule has 0 radical (unpaired) electrons.